The second kappa shape index (κ2) is 10.3. The van der Waals surface area contributed by atoms with Gasteiger partial charge in [0.15, 0.2) is 11.5 Å². The van der Waals surface area contributed by atoms with E-state index in [-0.39, 0.29) is 29.7 Å². The zero-order chi connectivity index (χ0) is 26.6. The summed E-state index contributed by atoms with van der Waals surface area (Å²) in [4.78, 5) is 26.0. The minimum absolute atomic E-state index is 0.113. The number of halogens is 3. The number of nitrogens with two attached hydrogens (primary N) is 2. The van der Waals surface area contributed by atoms with Gasteiger partial charge in [-0.15, -0.1) is 28.2 Å². The molecule has 0 aliphatic carbocycles. The van der Waals surface area contributed by atoms with Crippen LogP contribution in [0.2, 0.25) is 0 Å². The van der Waals surface area contributed by atoms with Crippen molar-refractivity contribution in [2.45, 2.75) is 12.9 Å². The summed E-state index contributed by atoms with van der Waals surface area (Å²) in [6.45, 7) is 0.113. The highest BCUT2D eigenvalue weighted by Gasteiger charge is 2.31. The van der Waals surface area contributed by atoms with Crippen molar-refractivity contribution in [2.24, 2.45) is 0 Å². The molecule has 0 radical (unpaired) electrons. The van der Waals surface area contributed by atoms with E-state index in [4.69, 9.17) is 11.5 Å². The summed E-state index contributed by atoms with van der Waals surface area (Å²) in [5.74, 6) is -1.53. The summed E-state index contributed by atoms with van der Waals surface area (Å²) in [7, 11) is 0. The Kier molecular flexibility index (Phi) is 6.95. The number of benzene rings is 3. The predicted octanol–water partition coefficient (Wildman–Crippen LogP) is 3.51. The Morgan fingerprint density at radius 2 is 1.57 bits per heavy atom. The lowest BCUT2D eigenvalue weighted by atomic mass is 10.1. The van der Waals surface area contributed by atoms with Crippen LogP contribution in [0.15, 0.2) is 72.8 Å². The highest BCUT2D eigenvalue weighted by molar-refractivity contribution is 6.05. The number of nitrogens with zero attached hydrogens (tertiary/aromatic N) is 3. The van der Waals surface area contributed by atoms with Gasteiger partial charge < -0.3 is 26.8 Å². The number of nitrogens with one attached hydrogen (secondary N) is 2. The molecule has 190 valence electrons. The van der Waals surface area contributed by atoms with E-state index < -0.39 is 18.0 Å². The molecule has 10 nitrogen and oxygen atoms in total. The first-order valence-electron chi connectivity index (χ1n) is 10.7. The highest BCUT2D eigenvalue weighted by Crippen LogP contribution is 2.24. The van der Waals surface area contributed by atoms with Crippen molar-refractivity contribution in [3.8, 4) is 11.4 Å². The summed E-state index contributed by atoms with van der Waals surface area (Å²) < 4.78 is 40.8. The predicted molar refractivity (Wildman–Crippen MR) is 129 cm³/mol. The third-order valence-corrected chi connectivity index (χ3v) is 5.03. The van der Waals surface area contributed by atoms with Crippen LogP contribution in [0, 0.1) is 0 Å². The lowest BCUT2D eigenvalue weighted by Crippen LogP contribution is -2.24. The van der Waals surface area contributed by atoms with Crippen molar-refractivity contribution >= 4 is 29.0 Å². The van der Waals surface area contributed by atoms with Crippen LogP contribution in [0.5, 0.6) is 5.75 Å². The minimum atomic E-state index is -4.81. The average molecular weight is 511 g/mol. The van der Waals surface area contributed by atoms with Crippen molar-refractivity contribution in [2.75, 3.05) is 16.8 Å². The summed E-state index contributed by atoms with van der Waals surface area (Å²) in [6.07, 6.45) is -4.81. The summed E-state index contributed by atoms with van der Waals surface area (Å²) in [5, 5.41) is 13.3. The lowest BCUT2D eigenvalue weighted by Gasteiger charge is -2.09. The summed E-state index contributed by atoms with van der Waals surface area (Å²) >= 11 is 0. The number of carbonyl (C=O) groups is 2. The standard InChI is InChI=1S/C24H20F3N7O3/c25-24(26,27)37-17-11-9-16(10-12-17)34-32-20(21(29)33-34)23(36)30-13-14-5-7-15(8-6-14)22(35)31-19-4-2-1-3-18(19)28/h1-12H,13,28H2,(H2,29,33)(H,30,36)(H,31,35). The molecule has 0 aliphatic rings. The second-order valence-electron chi connectivity index (χ2n) is 7.69. The third-order valence-electron chi connectivity index (χ3n) is 5.03. The van der Waals surface area contributed by atoms with Crippen molar-refractivity contribution < 1.29 is 27.5 Å². The van der Waals surface area contributed by atoms with Crippen LogP contribution in [0.4, 0.5) is 30.4 Å². The van der Waals surface area contributed by atoms with Crippen molar-refractivity contribution in [1.29, 1.82) is 0 Å². The molecule has 0 saturated carbocycles. The molecule has 0 spiro atoms. The van der Waals surface area contributed by atoms with E-state index in [0.717, 1.165) is 16.9 Å². The molecule has 0 unspecified atom stereocenters. The first kappa shape index (κ1) is 25.0. The first-order chi connectivity index (χ1) is 17.6. The van der Waals surface area contributed by atoms with Crippen LogP contribution in [-0.4, -0.2) is 33.2 Å². The topological polar surface area (TPSA) is 150 Å². The molecule has 4 aromatic rings. The number of para-hydroxylation sites is 2. The maximum atomic E-state index is 12.6. The van der Waals surface area contributed by atoms with Gasteiger partial charge in [0, 0.05) is 12.1 Å². The van der Waals surface area contributed by atoms with Crippen molar-refractivity contribution in [3.63, 3.8) is 0 Å². The Balaban J connectivity index is 1.36. The van der Waals surface area contributed by atoms with Gasteiger partial charge in [0.2, 0.25) is 0 Å². The van der Waals surface area contributed by atoms with E-state index in [2.05, 4.69) is 25.6 Å². The number of ether oxygens (including phenoxy) is 1. The Labute approximate surface area is 208 Å². The van der Waals surface area contributed by atoms with E-state index >= 15 is 0 Å². The van der Waals surface area contributed by atoms with Gasteiger partial charge in [-0.3, -0.25) is 9.59 Å². The van der Waals surface area contributed by atoms with E-state index in [1.807, 2.05) is 0 Å². The molecule has 2 amide bonds. The summed E-state index contributed by atoms with van der Waals surface area (Å²) in [6, 6.07) is 18.2. The first-order valence-corrected chi connectivity index (χ1v) is 10.7. The van der Waals surface area contributed by atoms with Gasteiger partial charge in [0.25, 0.3) is 11.8 Å². The largest absolute Gasteiger partial charge is 0.573 e. The van der Waals surface area contributed by atoms with Gasteiger partial charge in [-0.1, -0.05) is 24.3 Å². The number of alkyl halides is 3. The zero-order valence-corrected chi connectivity index (χ0v) is 19.0. The molecule has 0 atom stereocenters. The number of hydrogen-bond donors (Lipinski definition) is 4. The number of aromatic nitrogens is 3. The third kappa shape index (κ3) is 6.33. The number of rotatable bonds is 7. The monoisotopic (exact) mass is 511 g/mol. The molecule has 4 rings (SSSR count). The molecule has 1 heterocycles. The second-order valence-corrected chi connectivity index (χ2v) is 7.69. The van der Waals surface area contributed by atoms with E-state index in [9.17, 15) is 22.8 Å². The van der Waals surface area contributed by atoms with Gasteiger partial charge >= 0.3 is 6.36 Å². The van der Waals surface area contributed by atoms with Crippen LogP contribution in [0.25, 0.3) is 5.69 Å². The number of carbonyl (C=O) groups excluding carboxylic acids is 2. The van der Waals surface area contributed by atoms with Gasteiger partial charge in [-0.2, -0.15) is 0 Å². The number of anilines is 3. The molecule has 0 saturated heterocycles. The molecule has 1 aromatic heterocycles. The van der Waals surface area contributed by atoms with Crippen molar-refractivity contribution in [3.05, 3.63) is 89.6 Å². The van der Waals surface area contributed by atoms with Crippen LogP contribution < -0.4 is 26.8 Å². The molecule has 6 N–H and O–H groups in total. The van der Waals surface area contributed by atoms with Crippen LogP contribution >= 0.6 is 0 Å². The SMILES string of the molecule is Nc1ccccc1NC(=O)c1ccc(CNC(=O)c2nn(-c3ccc(OC(F)(F)F)cc3)nc2N)cc1. The highest BCUT2D eigenvalue weighted by atomic mass is 19.4. The Bertz CT molecular complexity index is 1420. The molecule has 13 heteroatoms. The molecule has 0 fully saturated rings. The number of nitrogen functional groups attached to an aromatic ring is 2. The van der Waals surface area contributed by atoms with Gasteiger partial charge in [0.1, 0.15) is 5.75 Å². The normalized spacial score (nSPS) is 11.1. The maximum Gasteiger partial charge on any atom is 0.573 e. The fraction of sp³-hybridized carbons (Fsp3) is 0.0833. The zero-order valence-electron chi connectivity index (χ0n) is 19.0. The van der Waals surface area contributed by atoms with Crippen molar-refractivity contribution in [1.82, 2.24) is 20.3 Å². The molecule has 0 aliphatic heterocycles. The fourth-order valence-corrected chi connectivity index (χ4v) is 3.22. The van der Waals surface area contributed by atoms with Gasteiger partial charge in [-0.25, -0.2) is 0 Å². The quantitative estimate of drug-likeness (QED) is 0.277. The van der Waals surface area contributed by atoms with E-state index in [0.29, 0.717) is 22.5 Å². The maximum absolute atomic E-state index is 12.6. The average Bonchev–Trinajstić information content (AvgIpc) is 3.25. The van der Waals surface area contributed by atoms with E-state index in [1.54, 1.807) is 48.5 Å². The van der Waals surface area contributed by atoms with Crippen LogP contribution in [-0.2, 0) is 6.54 Å². The van der Waals surface area contributed by atoms with Crippen LogP contribution in [0.3, 0.4) is 0 Å². The number of amides is 2. The molecule has 0 bridgehead atoms. The van der Waals surface area contributed by atoms with Gasteiger partial charge in [-0.05, 0) is 54.1 Å². The molecule has 3 aromatic carbocycles. The van der Waals surface area contributed by atoms with E-state index in [1.165, 1.54) is 12.1 Å². The molecular weight excluding hydrogens is 491 g/mol. The fourth-order valence-electron chi connectivity index (χ4n) is 3.22. The Hall–Kier alpha value is -5.07. The molecule has 37 heavy (non-hydrogen) atoms. The minimum Gasteiger partial charge on any atom is -0.406 e. The Morgan fingerprint density at radius 3 is 2.22 bits per heavy atom. The van der Waals surface area contributed by atoms with Gasteiger partial charge in [0.05, 0.1) is 17.1 Å². The summed E-state index contributed by atoms with van der Waals surface area (Å²) in [5.41, 5.74) is 13.8. The Morgan fingerprint density at radius 1 is 0.892 bits per heavy atom. The smallest absolute Gasteiger partial charge is 0.406 e. The molecular formula is C24H20F3N7O3. The lowest BCUT2D eigenvalue weighted by molar-refractivity contribution is -0.274. The van der Waals surface area contributed by atoms with Crippen LogP contribution in [0.1, 0.15) is 26.4 Å². The number of hydrogen-bond acceptors (Lipinski definition) is 7.